The molecule has 2 aromatic rings. The van der Waals surface area contributed by atoms with Gasteiger partial charge >= 0.3 is 5.97 Å². The molecule has 0 saturated heterocycles. The molecule has 0 atom stereocenters. The number of methoxy groups -OCH3 is 3. The summed E-state index contributed by atoms with van der Waals surface area (Å²) in [5.41, 5.74) is 0.797. The summed E-state index contributed by atoms with van der Waals surface area (Å²) in [6, 6.07) is 8.99. The van der Waals surface area contributed by atoms with Gasteiger partial charge in [-0.3, -0.25) is 10.1 Å². The van der Waals surface area contributed by atoms with Crippen LogP contribution in [0.25, 0.3) is 0 Å². The number of hydrogen-bond acceptors (Lipinski definition) is 7. The monoisotopic (exact) mass is 332 g/mol. The lowest BCUT2D eigenvalue weighted by Gasteiger charge is -2.13. The molecule has 0 aliphatic heterocycles. The van der Waals surface area contributed by atoms with Gasteiger partial charge in [-0.2, -0.15) is 0 Å². The van der Waals surface area contributed by atoms with E-state index in [2.05, 4.69) is 10.1 Å². The van der Waals surface area contributed by atoms with E-state index in [4.69, 9.17) is 9.47 Å². The molecular formula is C16H16N2O6. The summed E-state index contributed by atoms with van der Waals surface area (Å²) >= 11 is 0. The lowest BCUT2D eigenvalue weighted by Crippen LogP contribution is -2.06. The number of nitro groups is 1. The maximum atomic E-state index is 11.9. The van der Waals surface area contributed by atoms with Crippen molar-refractivity contribution in [2.24, 2.45) is 0 Å². The van der Waals surface area contributed by atoms with Crippen LogP contribution in [-0.4, -0.2) is 32.2 Å². The predicted molar refractivity (Wildman–Crippen MR) is 87.3 cm³/mol. The van der Waals surface area contributed by atoms with Crippen LogP contribution in [0.5, 0.6) is 11.5 Å². The largest absolute Gasteiger partial charge is 0.497 e. The normalized spacial score (nSPS) is 9.96. The number of benzene rings is 2. The third kappa shape index (κ3) is 3.72. The Balaban J connectivity index is 2.45. The van der Waals surface area contributed by atoms with Gasteiger partial charge in [0.05, 0.1) is 37.5 Å². The number of nitro benzene ring substituents is 1. The SMILES string of the molecule is COC(=O)c1cc([N+](=O)[O-])ccc1Nc1cc(OC)cc(OC)c1. The van der Waals surface area contributed by atoms with Crippen molar-refractivity contribution in [1.29, 1.82) is 0 Å². The van der Waals surface area contributed by atoms with Crippen LogP contribution in [0.4, 0.5) is 17.1 Å². The number of non-ortho nitro benzene ring substituents is 1. The van der Waals surface area contributed by atoms with Crippen LogP contribution in [0.15, 0.2) is 36.4 Å². The average Bonchev–Trinajstić information content (AvgIpc) is 2.60. The fraction of sp³-hybridized carbons (Fsp3) is 0.188. The second-order valence-electron chi connectivity index (χ2n) is 4.70. The van der Waals surface area contributed by atoms with Crippen molar-refractivity contribution in [3.8, 4) is 11.5 Å². The molecule has 24 heavy (non-hydrogen) atoms. The highest BCUT2D eigenvalue weighted by molar-refractivity contribution is 5.97. The van der Waals surface area contributed by atoms with E-state index in [-0.39, 0.29) is 11.3 Å². The van der Waals surface area contributed by atoms with Gasteiger partial charge in [-0.1, -0.05) is 0 Å². The Labute approximate surface area is 138 Å². The Kier molecular flexibility index (Phi) is 5.20. The van der Waals surface area contributed by atoms with Crippen molar-refractivity contribution in [3.63, 3.8) is 0 Å². The number of nitrogens with one attached hydrogen (secondary N) is 1. The first-order valence-electron chi connectivity index (χ1n) is 6.85. The Morgan fingerprint density at radius 3 is 2.17 bits per heavy atom. The van der Waals surface area contributed by atoms with E-state index in [0.29, 0.717) is 22.9 Å². The highest BCUT2D eigenvalue weighted by Crippen LogP contribution is 2.30. The standard InChI is InChI=1S/C16H16N2O6/c1-22-12-6-10(7-13(9-12)23-2)17-15-5-4-11(18(20)21)8-14(15)16(19)24-3/h4-9,17H,1-3H3. The molecule has 2 rings (SSSR count). The quantitative estimate of drug-likeness (QED) is 0.492. The molecule has 2 aromatic carbocycles. The molecular weight excluding hydrogens is 316 g/mol. The first-order valence-corrected chi connectivity index (χ1v) is 6.85. The highest BCUT2D eigenvalue weighted by Gasteiger charge is 2.17. The van der Waals surface area contributed by atoms with Gasteiger partial charge in [0, 0.05) is 36.0 Å². The topological polar surface area (TPSA) is 99.9 Å². The summed E-state index contributed by atoms with van der Waals surface area (Å²) in [5.74, 6) is 0.424. The number of hydrogen-bond donors (Lipinski definition) is 1. The second kappa shape index (κ2) is 7.32. The van der Waals surface area contributed by atoms with Crippen molar-refractivity contribution in [2.75, 3.05) is 26.6 Å². The Bertz CT molecular complexity index is 753. The van der Waals surface area contributed by atoms with E-state index in [9.17, 15) is 14.9 Å². The average molecular weight is 332 g/mol. The molecule has 0 amide bonds. The third-order valence-electron chi connectivity index (χ3n) is 3.25. The minimum Gasteiger partial charge on any atom is -0.497 e. The molecule has 0 unspecified atom stereocenters. The fourth-order valence-electron chi connectivity index (χ4n) is 2.07. The molecule has 0 aromatic heterocycles. The molecule has 0 fully saturated rings. The molecule has 0 saturated carbocycles. The minimum absolute atomic E-state index is 0.0495. The van der Waals surface area contributed by atoms with Crippen molar-refractivity contribution in [2.45, 2.75) is 0 Å². The maximum Gasteiger partial charge on any atom is 0.340 e. The van der Waals surface area contributed by atoms with E-state index in [1.807, 2.05) is 0 Å². The lowest BCUT2D eigenvalue weighted by molar-refractivity contribution is -0.384. The zero-order valence-corrected chi connectivity index (χ0v) is 13.4. The summed E-state index contributed by atoms with van der Waals surface area (Å²) < 4.78 is 15.1. The number of nitrogens with zero attached hydrogens (tertiary/aromatic N) is 1. The number of esters is 1. The van der Waals surface area contributed by atoms with Gasteiger partial charge in [-0.25, -0.2) is 4.79 Å². The van der Waals surface area contributed by atoms with Crippen LogP contribution in [0.3, 0.4) is 0 Å². The Hall–Kier alpha value is -3.29. The van der Waals surface area contributed by atoms with Crippen molar-refractivity contribution >= 4 is 23.0 Å². The lowest BCUT2D eigenvalue weighted by atomic mass is 10.1. The van der Waals surface area contributed by atoms with Crippen molar-refractivity contribution in [3.05, 3.63) is 52.1 Å². The van der Waals surface area contributed by atoms with Crippen LogP contribution in [0.2, 0.25) is 0 Å². The molecule has 8 heteroatoms. The van der Waals surface area contributed by atoms with Crippen LogP contribution in [0.1, 0.15) is 10.4 Å². The molecule has 0 radical (unpaired) electrons. The number of rotatable bonds is 6. The summed E-state index contributed by atoms with van der Waals surface area (Å²) in [5, 5.41) is 13.9. The van der Waals surface area contributed by atoms with E-state index in [1.165, 1.54) is 33.5 Å². The Morgan fingerprint density at radius 2 is 1.67 bits per heavy atom. The maximum absolute atomic E-state index is 11.9. The molecule has 0 heterocycles. The van der Waals surface area contributed by atoms with Crippen molar-refractivity contribution < 1.29 is 23.9 Å². The van der Waals surface area contributed by atoms with Gasteiger partial charge in [0.2, 0.25) is 0 Å². The van der Waals surface area contributed by atoms with Gasteiger partial charge in [-0.05, 0) is 6.07 Å². The van der Waals surface area contributed by atoms with Gasteiger partial charge < -0.3 is 19.5 Å². The first kappa shape index (κ1) is 17.1. The van der Waals surface area contributed by atoms with Crippen LogP contribution in [0, 0.1) is 10.1 Å². The van der Waals surface area contributed by atoms with Crippen molar-refractivity contribution in [1.82, 2.24) is 0 Å². The predicted octanol–water partition coefficient (Wildman–Crippen LogP) is 3.14. The molecule has 0 aliphatic rings. The summed E-state index contributed by atoms with van der Waals surface area (Å²) in [6.07, 6.45) is 0. The smallest absolute Gasteiger partial charge is 0.340 e. The molecule has 0 aliphatic carbocycles. The molecule has 1 N–H and O–H groups in total. The summed E-state index contributed by atoms with van der Waals surface area (Å²) in [6.45, 7) is 0. The second-order valence-corrected chi connectivity index (χ2v) is 4.70. The van der Waals surface area contributed by atoms with Gasteiger partial charge in [0.1, 0.15) is 11.5 Å². The van der Waals surface area contributed by atoms with E-state index in [0.717, 1.165) is 6.07 Å². The molecule has 126 valence electrons. The van der Waals surface area contributed by atoms with Gasteiger partial charge in [-0.15, -0.1) is 0 Å². The number of carbonyl (C=O) groups excluding carboxylic acids is 1. The van der Waals surface area contributed by atoms with E-state index >= 15 is 0 Å². The number of anilines is 2. The summed E-state index contributed by atoms with van der Waals surface area (Å²) in [4.78, 5) is 22.2. The molecule has 0 bridgehead atoms. The number of carbonyl (C=O) groups is 1. The minimum atomic E-state index is -0.684. The van der Waals surface area contributed by atoms with Crippen LogP contribution in [-0.2, 0) is 4.74 Å². The fourth-order valence-corrected chi connectivity index (χ4v) is 2.07. The third-order valence-corrected chi connectivity index (χ3v) is 3.25. The molecule has 8 nitrogen and oxygen atoms in total. The summed E-state index contributed by atoms with van der Waals surface area (Å²) in [7, 11) is 4.24. The van der Waals surface area contributed by atoms with Crippen LogP contribution >= 0.6 is 0 Å². The molecule has 0 spiro atoms. The zero-order chi connectivity index (χ0) is 17.7. The van der Waals surface area contributed by atoms with Gasteiger partial charge in [0.25, 0.3) is 5.69 Å². The van der Waals surface area contributed by atoms with E-state index < -0.39 is 10.9 Å². The highest BCUT2D eigenvalue weighted by atomic mass is 16.6. The zero-order valence-electron chi connectivity index (χ0n) is 13.4. The van der Waals surface area contributed by atoms with Crippen LogP contribution < -0.4 is 14.8 Å². The van der Waals surface area contributed by atoms with E-state index in [1.54, 1.807) is 18.2 Å². The first-order chi connectivity index (χ1) is 11.5. The van der Waals surface area contributed by atoms with Gasteiger partial charge in [0.15, 0.2) is 0 Å². The Morgan fingerprint density at radius 1 is 1.04 bits per heavy atom. The number of ether oxygens (including phenoxy) is 3.